The number of carbonyl (C=O) groups excluding carboxylic acids is 2. The number of nitrogens with one attached hydrogen (secondary N) is 1. The molecule has 5 rings (SSSR count). The Morgan fingerprint density at radius 1 is 1.24 bits per heavy atom. The molecule has 8 nitrogen and oxygen atoms in total. The van der Waals surface area contributed by atoms with Crippen LogP contribution in [0.15, 0.2) is 36.5 Å². The third kappa shape index (κ3) is 5.30. The predicted octanol–water partition coefficient (Wildman–Crippen LogP) is 4.14. The van der Waals surface area contributed by atoms with Crippen LogP contribution in [0.25, 0.3) is 5.57 Å². The fourth-order valence-corrected chi connectivity index (χ4v) is 5.44. The van der Waals surface area contributed by atoms with E-state index in [4.69, 9.17) is 5.73 Å². The number of piperidine rings is 1. The van der Waals surface area contributed by atoms with Gasteiger partial charge in [0.25, 0.3) is 5.91 Å². The SMILES string of the molecule is N#CC[C@]1(n2cc(C(N)=O)c(NC(=O)C3CC3)n2)CCN(Cc2ccc(C3=CCCCC3)cc2)C[C@H]1F. The van der Waals surface area contributed by atoms with Gasteiger partial charge in [0, 0.05) is 31.7 Å². The van der Waals surface area contributed by atoms with Crippen LogP contribution in [0.5, 0.6) is 0 Å². The van der Waals surface area contributed by atoms with Gasteiger partial charge in [-0.15, -0.1) is 0 Å². The minimum Gasteiger partial charge on any atom is -0.365 e. The number of primary amides is 1. The first kappa shape index (κ1) is 25.2. The van der Waals surface area contributed by atoms with E-state index in [0.717, 1.165) is 31.2 Å². The van der Waals surface area contributed by atoms with Crippen molar-refractivity contribution < 1.29 is 14.0 Å². The molecule has 2 aromatic rings. The van der Waals surface area contributed by atoms with Crippen LogP contribution in [-0.4, -0.2) is 45.8 Å². The number of carbonyl (C=O) groups is 2. The largest absolute Gasteiger partial charge is 0.365 e. The molecule has 2 aliphatic carbocycles. The average Bonchev–Trinajstić information content (AvgIpc) is 3.67. The first-order valence-electron chi connectivity index (χ1n) is 13.1. The standard InChI is InChI=1S/C28H33FN6O2/c29-24-18-34(16-19-6-8-21(9-7-19)20-4-2-1-3-5-20)15-13-28(24,12-14-30)35-17-23(25(31)36)26(33-35)32-27(37)22-10-11-22/h4,6-9,17,22,24H,1-3,5,10-13,15-16,18H2,(H2,31,36)(H,32,33,37)/t24-,28+/m1/s1. The summed E-state index contributed by atoms with van der Waals surface area (Å²) in [5, 5.41) is 16.6. The number of amides is 2. The monoisotopic (exact) mass is 504 g/mol. The van der Waals surface area contributed by atoms with E-state index in [-0.39, 0.29) is 36.2 Å². The van der Waals surface area contributed by atoms with E-state index >= 15 is 4.39 Å². The summed E-state index contributed by atoms with van der Waals surface area (Å²) >= 11 is 0. The highest BCUT2D eigenvalue weighted by molar-refractivity contribution is 6.02. The van der Waals surface area contributed by atoms with Crippen molar-refractivity contribution in [1.82, 2.24) is 14.7 Å². The molecule has 2 fully saturated rings. The van der Waals surface area contributed by atoms with Gasteiger partial charge in [-0.2, -0.15) is 10.4 Å². The van der Waals surface area contributed by atoms with Gasteiger partial charge in [0.15, 0.2) is 5.82 Å². The quantitative estimate of drug-likeness (QED) is 0.560. The summed E-state index contributed by atoms with van der Waals surface area (Å²) in [4.78, 5) is 26.4. The molecule has 3 aliphatic rings. The van der Waals surface area contributed by atoms with Crippen molar-refractivity contribution in [3.63, 3.8) is 0 Å². The molecular weight excluding hydrogens is 471 g/mol. The number of benzene rings is 1. The van der Waals surface area contributed by atoms with E-state index in [1.807, 2.05) is 4.90 Å². The van der Waals surface area contributed by atoms with Crippen LogP contribution in [0.4, 0.5) is 10.2 Å². The highest BCUT2D eigenvalue weighted by Gasteiger charge is 2.47. The Labute approximate surface area is 216 Å². The molecule has 1 saturated heterocycles. The van der Waals surface area contributed by atoms with Crippen molar-refractivity contribution in [3.8, 4) is 6.07 Å². The molecule has 194 valence electrons. The molecule has 1 aromatic carbocycles. The van der Waals surface area contributed by atoms with E-state index < -0.39 is 17.6 Å². The van der Waals surface area contributed by atoms with Crippen molar-refractivity contribution in [2.45, 2.75) is 69.6 Å². The van der Waals surface area contributed by atoms with E-state index in [1.54, 1.807) is 0 Å². The smallest absolute Gasteiger partial charge is 0.254 e. The second-order valence-electron chi connectivity index (χ2n) is 10.5. The molecule has 2 atom stereocenters. The summed E-state index contributed by atoms with van der Waals surface area (Å²) in [6.45, 7) is 1.30. The van der Waals surface area contributed by atoms with Crippen LogP contribution in [0.2, 0.25) is 0 Å². The molecule has 3 N–H and O–H groups in total. The van der Waals surface area contributed by atoms with E-state index in [0.29, 0.717) is 19.5 Å². The molecule has 1 aromatic heterocycles. The number of allylic oxidation sites excluding steroid dienone is 2. The summed E-state index contributed by atoms with van der Waals surface area (Å²) in [6, 6.07) is 10.6. The molecule has 1 saturated carbocycles. The maximum absolute atomic E-state index is 15.9. The van der Waals surface area contributed by atoms with Gasteiger partial charge >= 0.3 is 0 Å². The Morgan fingerprint density at radius 3 is 2.65 bits per heavy atom. The number of likely N-dealkylation sites (tertiary alicyclic amines) is 1. The number of aromatic nitrogens is 2. The molecular formula is C28H33FN6O2. The van der Waals surface area contributed by atoms with Crippen molar-refractivity contribution in [2.24, 2.45) is 11.7 Å². The van der Waals surface area contributed by atoms with Crippen molar-refractivity contribution in [1.29, 1.82) is 5.26 Å². The van der Waals surface area contributed by atoms with Crippen LogP contribution in [0, 0.1) is 17.2 Å². The average molecular weight is 505 g/mol. The van der Waals surface area contributed by atoms with Gasteiger partial charge in [-0.3, -0.25) is 19.2 Å². The maximum Gasteiger partial charge on any atom is 0.254 e. The first-order valence-corrected chi connectivity index (χ1v) is 13.1. The Kier molecular flexibility index (Phi) is 7.11. The van der Waals surface area contributed by atoms with Crippen LogP contribution < -0.4 is 11.1 Å². The van der Waals surface area contributed by atoms with Gasteiger partial charge < -0.3 is 11.1 Å². The Morgan fingerprint density at radius 2 is 2.03 bits per heavy atom. The molecule has 0 unspecified atom stereocenters. The lowest BCUT2D eigenvalue weighted by Crippen LogP contribution is -2.54. The van der Waals surface area contributed by atoms with E-state index in [2.05, 4.69) is 46.8 Å². The lowest BCUT2D eigenvalue weighted by Gasteiger charge is -2.43. The summed E-state index contributed by atoms with van der Waals surface area (Å²) in [7, 11) is 0. The highest BCUT2D eigenvalue weighted by atomic mass is 19.1. The number of anilines is 1. The number of halogens is 1. The van der Waals surface area contributed by atoms with Gasteiger partial charge in [0.2, 0.25) is 5.91 Å². The van der Waals surface area contributed by atoms with Crippen LogP contribution >= 0.6 is 0 Å². The van der Waals surface area contributed by atoms with Crippen LogP contribution in [0.3, 0.4) is 0 Å². The number of nitriles is 1. The molecule has 2 heterocycles. The zero-order chi connectivity index (χ0) is 26.0. The van der Waals surface area contributed by atoms with Gasteiger partial charge in [-0.25, -0.2) is 4.39 Å². The third-order valence-electron chi connectivity index (χ3n) is 7.90. The normalized spacial score (nSPS) is 24.2. The highest BCUT2D eigenvalue weighted by Crippen LogP contribution is 2.38. The predicted molar refractivity (Wildman–Crippen MR) is 138 cm³/mol. The minimum atomic E-state index is -1.40. The number of alkyl halides is 1. The topological polar surface area (TPSA) is 117 Å². The van der Waals surface area contributed by atoms with Gasteiger partial charge in [0.1, 0.15) is 17.3 Å². The summed E-state index contributed by atoms with van der Waals surface area (Å²) in [5.74, 6) is -1.04. The molecule has 9 heteroatoms. The lowest BCUT2D eigenvalue weighted by molar-refractivity contribution is -0.117. The number of nitrogens with two attached hydrogens (primary N) is 1. The lowest BCUT2D eigenvalue weighted by atomic mass is 9.83. The molecule has 0 spiro atoms. The van der Waals surface area contributed by atoms with Gasteiger partial charge in [0.05, 0.1) is 12.5 Å². The number of hydrogen-bond donors (Lipinski definition) is 2. The first-order chi connectivity index (χ1) is 17.9. The molecule has 2 amide bonds. The molecule has 1 aliphatic heterocycles. The number of hydrogen-bond acceptors (Lipinski definition) is 5. The second-order valence-corrected chi connectivity index (χ2v) is 10.5. The summed E-state index contributed by atoms with van der Waals surface area (Å²) in [6.07, 6.45) is 8.86. The second kappa shape index (κ2) is 10.5. The Hall–Kier alpha value is -3.51. The minimum absolute atomic E-state index is 0.0223. The zero-order valence-corrected chi connectivity index (χ0v) is 21.0. The Bertz CT molecular complexity index is 1240. The molecule has 37 heavy (non-hydrogen) atoms. The van der Waals surface area contributed by atoms with Crippen molar-refractivity contribution in [3.05, 3.63) is 53.2 Å². The van der Waals surface area contributed by atoms with Crippen molar-refractivity contribution in [2.75, 3.05) is 18.4 Å². The van der Waals surface area contributed by atoms with E-state index in [9.17, 15) is 14.9 Å². The van der Waals surface area contributed by atoms with Gasteiger partial charge in [-0.05, 0) is 61.6 Å². The van der Waals surface area contributed by atoms with Crippen LogP contribution in [-0.2, 0) is 16.9 Å². The van der Waals surface area contributed by atoms with Gasteiger partial charge in [-0.1, -0.05) is 30.3 Å². The van der Waals surface area contributed by atoms with Crippen LogP contribution in [0.1, 0.15) is 72.9 Å². The van der Waals surface area contributed by atoms with Crippen molar-refractivity contribution >= 4 is 23.2 Å². The summed E-state index contributed by atoms with van der Waals surface area (Å²) < 4.78 is 17.3. The third-order valence-corrected chi connectivity index (χ3v) is 7.90. The van der Waals surface area contributed by atoms with E-state index in [1.165, 1.54) is 34.9 Å². The molecule has 0 radical (unpaired) electrons. The zero-order valence-electron chi connectivity index (χ0n) is 21.0. The number of rotatable bonds is 8. The fraction of sp³-hybridized carbons (Fsp3) is 0.500. The Balaban J connectivity index is 1.31. The summed E-state index contributed by atoms with van der Waals surface area (Å²) in [5.41, 5.74) is 8.08. The molecule has 0 bridgehead atoms. The number of nitrogens with zero attached hydrogens (tertiary/aromatic N) is 4. The maximum atomic E-state index is 15.9. The fourth-order valence-electron chi connectivity index (χ4n) is 5.44.